The molecule has 6 nitrogen and oxygen atoms in total. The molecule has 2 N–H and O–H groups in total. The summed E-state index contributed by atoms with van der Waals surface area (Å²) < 4.78 is 16.2. The highest BCUT2D eigenvalue weighted by molar-refractivity contribution is 6.09. The summed E-state index contributed by atoms with van der Waals surface area (Å²) in [5.74, 6) is -0.964. The number of aromatic hydroxyl groups is 2. The van der Waals surface area contributed by atoms with E-state index in [9.17, 15) is 15.0 Å². The van der Waals surface area contributed by atoms with Crippen LogP contribution in [0.15, 0.2) is 56.3 Å². The molecule has 2 heterocycles. The van der Waals surface area contributed by atoms with E-state index in [0.29, 0.717) is 10.9 Å². The molecule has 120 valence electrons. The molecular formula is C18H12O6. The second-order valence-corrected chi connectivity index (χ2v) is 5.22. The van der Waals surface area contributed by atoms with Crippen molar-refractivity contribution in [3.05, 3.63) is 52.9 Å². The first-order valence-corrected chi connectivity index (χ1v) is 7.14. The lowest BCUT2D eigenvalue weighted by Gasteiger charge is -2.10. The molecular weight excluding hydrogens is 312 g/mol. The van der Waals surface area contributed by atoms with Crippen LogP contribution in [-0.2, 0) is 0 Å². The van der Waals surface area contributed by atoms with Crippen molar-refractivity contribution < 1.29 is 23.8 Å². The summed E-state index contributed by atoms with van der Waals surface area (Å²) in [7, 11) is 1.35. The third kappa shape index (κ3) is 1.80. The van der Waals surface area contributed by atoms with Crippen molar-refractivity contribution in [3.63, 3.8) is 0 Å². The maximum absolute atomic E-state index is 12.6. The van der Waals surface area contributed by atoms with E-state index in [4.69, 9.17) is 13.6 Å². The van der Waals surface area contributed by atoms with Crippen LogP contribution in [0.1, 0.15) is 0 Å². The summed E-state index contributed by atoms with van der Waals surface area (Å²) in [6, 6.07) is 10.4. The van der Waals surface area contributed by atoms with Crippen molar-refractivity contribution in [1.29, 1.82) is 0 Å². The van der Waals surface area contributed by atoms with Gasteiger partial charge >= 0.3 is 0 Å². The van der Waals surface area contributed by atoms with E-state index in [2.05, 4.69) is 0 Å². The van der Waals surface area contributed by atoms with Gasteiger partial charge in [-0.05, 0) is 6.07 Å². The van der Waals surface area contributed by atoms with Gasteiger partial charge in [-0.3, -0.25) is 4.79 Å². The fraction of sp³-hybridized carbons (Fsp3) is 0.0556. The van der Waals surface area contributed by atoms with Crippen LogP contribution in [0.3, 0.4) is 0 Å². The lowest BCUT2D eigenvalue weighted by molar-refractivity contribution is 0.373. The van der Waals surface area contributed by atoms with Gasteiger partial charge in [0.15, 0.2) is 22.7 Å². The van der Waals surface area contributed by atoms with Crippen molar-refractivity contribution in [2.75, 3.05) is 7.11 Å². The van der Waals surface area contributed by atoms with Crippen molar-refractivity contribution in [2.24, 2.45) is 0 Å². The molecule has 0 radical (unpaired) electrons. The average Bonchev–Trinajstić information content (AvgIpc) is 3.08. The summed E-state index contributed by atoms with van der Waals surface area (Å²) in [6.07, 6.45) is 1.40. The fourth-order valence-corrected chi connectivity index (χ4v) is 2.79. The Balaban J connectivity index is 2.22. The predicted octanol–water partition coefficient (Wildman–Crippen LogP) is 3.63. The number of ether oxygens (including phenoxy) is 1. The maximum atomic E-state index is 12.6. The molecule has 0 atom stereocenters. The highest BCUT2D eigenvalue weighted by atomic mass is 16.5. The first kappa shape index (κ1) is 14.2. The minimum Gasteiger partial charge on any atom is -0.504 e. The van der Waals surface area contributed by atoms with Gasteiger partial charge in [-0.2, -0.15) is 0 Å². The molecule has 4 aromatic rings. The average molecular weight is 324 g/mol. The Morgan fingerprint density at radius 2 is 1.75 bits per heavy atom. The van der Waals surface area contributed by atoms with Gasteiger partial charge in [-0.1, -0.05) is 30.3 Å². The molecule has 0 aliphatic rings. The molecule has 0 amide bonds. The molecule has 0 unspecified atom stereocenters. The van der Waals surface area contributed by atoms with Gasteiger partial charge in [0.25, 0.3) is 0 Å². The zero-order valence-corrected chi connectivity index (χ0v) is 12.6. The van der Waals surface area contributed by atoms with Crippen molar-refractivity contribution in [2.45, 2.75) is 0 Å². The highest BCUT2D eigenvalue weighted by Gasteiger charge is 2.25. The molecule has 0 saturated heterocycles. The molecule has 6 heteroatoms. The highest BCUT2D eigenvalue weighted by Crippen LogP contribution is 2.44. The Hall–Kier alpha value is -3.41. The van der Waals surface area contributed by atoms with E-state index in [1.54, 1.807) is 30.3 Å². The quantitative estimate of drug-likeness (QED) is 0.585. The molecule has 0 saturated carbocycles. The monoisotopic (exact) mass is 324 g/mol. The standard InChI is InChI=1S/C18H12O6/c1-22-18-13(20)11-12(19)14(21)15(9-5-3-2-4-6-9)24-16(11)10-7-8-23-17(10)18/h2-8,20-21H,1H3. The molecule has 0 aliphatic heterocycles. The van der Waals surface area contributed by atoms with Gasteiger partial charge in [-0.25, -0.2) is 0 Å². The third-order valence-corrected chi connectivity index (χ3v) is 3.90. The van der Waals surface area contributed by atoms with Gasteiger partial charge in [0.1, 0.15) is 5.39 Å². The molecule has 4 rings (SSSR count). The lowest BCUT2D eigenvalue weighted by Crippen LogP contribution is -2.04. The lowest BCUT2D eigenvalue weighted by atomic mass is 10.1. The molecule has 0 spiro atoms. The number of rotatable bonds is 2. The first-order valence-electron chi connectivity index (χ1n) is 7.14. The number of hydrogen-bond acceptors (Lipinski definition) is 6. The number of fused-ring (bicyclic) bond motifs is 3. The minimum absolute atomic E-state index is 0.0154. The Kier molecular flexibility index (Phi) is 2.99. The van der Waals surface area contributed by atoms with E-state index >= 15 is 0 Å². The van der Waals surface area contributed by atoms with E-state index in [0.717, 1.165) is 0 Å². The van der Waals surface area contributed by atoms with Gasteiger partial charge in [0.05, 0.1) is 18.8 Å². The fourth-order valence-electron chi connectivity index (χ4n) is 2.79. The van der Waals surface area contributed by atoms with Gasteiger partial charge in [-0.15, -0.1) is 0 Å². The van der Waals surface area contributed by atoms with Gasteiger partial charge in [0.2, 0.25) is 16.9 Å². The van der Waals surface area contributed by atoms with Crippen LogP contribution in [0.2, 0.25) is 0 Å². The first-order chi connectivity index (χ1) is 11.6. The second-order valence-electron chi connectivity index (χ2n) is 5.22. The van der Waals surface area contributed by atoms with Crippen LogP contribution in [-0.4, -0.2) is 17.3 Å². The number of phenolic OH excluding ortho intramolecular Hbond substituents is 1. The van der Waals surface area contributed by atoms with Crippen LogP contribution < -0.4 is 10.2 Å². The van der Waals surface area contributed by atoms with Gasteiger partial charge in [0, 0.05) is 5.56 Å². The Labute approximate surface area is 135 Å². The van der Waals surface area contributed by atoms with E-state index in [-0.39, 0.29) is 28.1 Å². The normalized spacial score (nSPS) is 11.2. The SMILES string of the molecule is COc1c(O)c2c(=O)c(O)c(-c3ccccc3)oc2c2ccoc12. The Bertz CT molecular complexity index is 1120. The maximum Gasteiger partial charge on any atom is 0.238 e. The Morgan fingerprint density at radius 3 is 2.46 bits per heavy atom. The molecule has 0 aliphatic carbocycles. The van der Waals surface area contributed by atoms with Crippen molar-refractivity contribution >= 4 is 21.9 Å². The molecule has 24 heavy (non-hydrogen) atoms. The zero-order chi connectivity index (χ0) is 16.8. The summed E-state index contributed by atoms with van der Waals surface area (Å²) >= 11 is 0. The number of hydrogen-bond donors (Lipinski definition) is 2. The molecule has 0 bridgehead atoms. The topological polar surface area (TPSA) is 93.0 Å². The van der Waals surface area contributed by atoms with Crippen molar-refractivity contribution in [1.82, 2.24) is 0 Å². The van der Waals surface area contributed by atoms with Crippen molar-refractivity contribution in [3.8, 4) is 28.6 Å². The number of furan rings is 1. The predicted molar refractivity (Wildman–Crippen MR) is 87.6 cm³/mol. The summed E-state index contributed by atoms with van der Waals surface area (Å²) in [5, 5.41) is 21.0. The third-order valence-electron chi connectivity index (χ3n) is 3.90. The van der Waals surface area contributed by atoms with E-state index in [1.165, 1.54) is 13.4 Å². The Morgan fingerprint density at radius 1 is 1.00 bits per heavy atom. The van der Waals surface area contributed by atoms with Crippen LogP contribution in [0.5, 0.6) is 17.2 Å². The van der Waals surface area contributed by atoms with Crippen LogP contribution in [0.25, 0.3) is 33.3 Å². The smallest absolute Gasteiger partial charge is 0.238 e. The number of methoxy groups -OCH3 is 1. The number of phenols is 1. The minimum atomic E-state index is -0.742. The molecule has 0 fully saturated rings. The summed E-state index contributed by atoms with van der Waals surface area (Å²) in [4.78, 5) is 12.6. The van der Waals surface area contributed by atoms with Crippen LogP contribution in [0.4, 0.5) is 0 Å². The summed E-state index contributed by atoms with van der Waals surface area (Å²) in [6.45, 7) is 0. The summed E-state index contributed by atoms with van der Waals surface area (Å²) in [5.41, 5.74) is 0.184. The van der Waals surface area contributed by atoms with Crippen LogP contribution in [0, 0.1) is 0 Å². The number of benzene rings is 2. The second kappa shape index (κ2) is 5.06. The molecule has 2 aromatic carbocycles. The largest absolute Gasteiger partial charge is 0.504 e. The van der Waals surface area contributed by atoms with E-state index in [1.807, 2.05) is 6.07 Å². The van der Waals surface area contributed by atoms with Gasteiger partial charge < -0.3 is 23.8 Å². The zero-order valence-electron chi connectivity index (χ0n) is 12.6. The van der Waals surface area contributed by atoms with E-state index < -0.39 is 16.9 Å². The van der Waals surface area contributed by atoms with Crippen LogP contribution >= 0.6 is 0 Å². The molecule has 2 aromatic heterocycles.